The molecule has 0 bridgehead atoms. The van der Waals surface area contributed by atoms with Crippen LogP contribution in [0.4, 0.5) is 10.7 Å². The van der Waals surface area contributed by atoms with Crippen molar-refractivity contribution in [3.05, 3.63) is 74.6 Å². The van der Waals surface area contributed by atoms with Crippen LogP contribution in [0.1, 0.15) is 32.5 Å². The average molecular weight is 507 g/mol. The summed E-state index contributed by atoms with van der Waals surface area (Å²) in [5.74, 6) is -1.12. The van der Waals surface area contributed by atoms with E-state index in [0.29, 0.717) is 27.0 Å². The Morgan fingerprint density at radius 1 is 1.00 bits per heavy atom. The van der Waals surface area contributed by atoms with Gasteiger partial charge in [0.2, 0.25) is 0 Å². The van der Waals surface area contributed by atoms with Gasteiger partial charge in [-0.15, -0.1) is 11.3 Å². The van der Waals surface area contributed by atoms with Gasteiger partial charge < -0.3 is 20.1 Å². The van der Waals surface area contributed by atoms with E-state index in [1.54, 1.807) is 62.4 Å². The maximum Gasteiger partial charge on any atom is 0.341 e. The maximum atomic E-state index is 12.9. The number of benzene rings is 2. The summed E-state index contributed by atoms with van der Waals surface area (Å²) in [6, 6.07) is 13.2. The summed E-state index contributed by atoms with van der Waals surface area (Å²) in [5.41, 5.74) is 1.02. The first-order chi connectivity index (χ1) is 15.8. The minimum Gasteiger partial charge on any atom is -0.484 e. The van der Waals surface area contributed by atoms with Crippen LogP contribution in [-0.2, 0) is 9.53 Å². The smallest absolute Gasteiger partial charge is 0.341 e. The second-order valence-corrected chi connectivity index (χ2v) is 8.63. The molecule has 0 aliphatic heterocycles. The summed E-state index contributed by atoms with van der Waals surface area (Å²) in [6.07, 6.45) is 0. The number of halogens is 2. The number of amides is 2. The summed E-state index contributed by atoms with van der Waals surface area (Å²) in [7, 11) is 0. The monoisotopic (exact) mass is 506 g/mol. The fraction of sp³-hybridized carbons (Fsp3) is 0.174. The molecule has 3 rings (SSSR count). The highest BCUT2D eigenvalue weighted by molar-refractivity contribution is 7.19. The highest BCUT2D eigenvalue weighted by Crippen LogP contribution is 2.34. The van der Waals surface area contributed by atoms with Crippen LogP contribution >= 0.6 is 34.5 Å². The molecule has 0 saturated carbocycles. The molecule has 1 heterocycles. The minimum absolute atomic E-state index is 0.123. The molecule has 0 saturated heterocycles. The number of nitrogens with one attached hydrogen (secondary N) is 2. The molecular weight excluding hydrogens is 487 g/mol. The SMILES string of the molecule is CCOC(=O)c1c(NC(=O)COc2ccc(Cl)cc2)sc(C(=O)Nc2cccc(Cl)c2)c1C. The van der Waals surface area contributed by atoms with Crippen LogP contribution in [0.2, 0.25) is 10.0 Å². The number of hydrogen-bond donors (Lipinski definition) is 2. The van der Waals surface area contributed by atoms with Crippen molar-refractivity contribution in [3.63, 3.8) is 0 Å². The Bertz CT molecular complexity index is 1180. The van der Waals surface area contributed by atoms with E-state index in [0.717, 1.165) is 11.3 Å². The van der Waals surface area contributed by atoms with Gasteiger partial charge in [0.25, 0.3) is 11.8 Å². The van der Waals surface area contributed by atoms with Gasteiger partial charge in [-0.2, -0.15) is 0 Å². The molecule has 0 unspecified atom stereocenters. The third kappa shape index (κ3) is 6.47. The van der Waals surface area contributed by atoms with Gasteiger partial charge >= 0.3 is 5.97 Å². The highest BCUT2D eigenvalue weighted by atomic mass is 35.5. The van der Waals surface area contributed by atoms with Gasteiger partial charge in [-0.3, -0.25) is 9.59 Å². The molecule has 7 nitrogen and oxygen atoms in total. The predicted molar refractivity (Wildman–Crippen MR) is 130 cm³/mol. The summed E-state index contributed by atoms with van der Waals surface area (Å²) in [5, 5.41) is 6.60. The Morgan fingerprint density at radius 2 is 1.73 bits per heavy atom. The van der Waals surface area contributed by atoms with Gasteiger partial charge in [0.15, 0.2) is 6.61 Å². The van der Waals surface area contributed by atoms with Gasteiger partial charge in [-0.05, 0) is 61.9 Å². The normalized spacial score (nSPS) is 10.4. The standard InChI is InChI=1S/C23H20Cl2N2O5S/c1-3-31-23(30)19-13(2)20(21(29)26-16-6-4-5-15(25)11-16)33-22(19)27-18(28)12-32-17-9-7-14(24)8-10-17/h4-11H,3,12H2,1-2H3,(H,26,29)(H,27,28). The van der Waals surface area contributed by atoms with E-state index >= 15 is 0 Å². The number of thiophene rings is 1. The van der Waals surface area contributed by atoms with Crippen LogP contribution in [0.3, 0.4) is 0 Å². The molecule has 0 aliphatic carbocycles. The zero-order valence-corrected chi connectivity index (χ0v) is 20.1. The maximum absolute atomic E-state index is 12.9. The molecule has 0 spiro atoms. The molecule has 3 aromatic rings. The molecule has 0 fully saturated rings. The Balaban J connectivity index is 1.80. The molecule has 33 heavy (non-hydrogen) atoms. The van der Waals surface area contributed by atoms with E-state index in [2.05, 4.69) is 10.6 Å². The quantitative estimate of drug-likeness (QED) is 0.376. The van der Waals surface area contributed by atoms with Gasteiger partial charge in [-0.1, -0.05) is 29.3 Å². The first kappa shape index (κ1) is 24.6. The molecule has 2 amide bonds. The first-order valence-electron chi connectivity index (χ1n) is 9.84. The number of hydrogen-bond acceptors (Lipinski definition) is 6. The van der Waals surface area contributed by atoms with Crippen molar-refractivity contribution in [1.82, 2.24) is 0 Å². The first-order valence-corrected chi connectivity index (χ1v) is 11.4. The van der Waals surface area contributed by atoms with Crippen LogP contribution in [0, 0.1) is 6.92 Å². The number of anilines is 2. The Morgan fingerprint density at radius 3 is 2.39 bits per heavy atom. The van der Waals surface area contributed by atoms with Gasteiger partial charge in [-0.25, -0.2) is 4.79 Å². The number of ether oxygens (including phenoxy) is 2. The van der Waals surface area contributed by atoms with Crippen molar-refractivity contribution in [3.8, 4) is 5.75 Å². The Hall–Kier alpha value is -3.07. The zero-order valence-electron chi connectivity index (χ0n) is 17.7. The lowest BCUT2D eigenvalue weighted by Gasteiger charge is -2.08. The molecule has 0 aliphatic rings. The van der Waals surface area contributed by atoms with E-state index in [1.807, 2.05) is 0 Å². The van der Waals surface area contributed by atoms with Crippen LogP contribution in [0.15, 0.2) is 48.5 Å². The predicted octanol–water partition coefficient (Wildman–Crippen LogP) is 5.81. The number of esters is 1. The van der Waals surface area contributed by atoms with E-state index in [9.17, 15) is 14.4 Å². The lowest BCUT2D eigenvalue weighted by atomic mass is 10.1. The Kier molecular flexibility index (Phi) is 8.32. The lowest BCUT2D eigenvalue weighted by molar-refractivity contribution is -0.118. The minimum atomic E-state index is -0.637. The van der Waals surface area contributed by atoms with Gasteiger partial charge in [0, 0.05) is 15.7 Å². The summed E-state index contributed by atoms with van der Waals surface area (Å²) in [6.45, 7) is 3.14. The molecule has 172 valence electrons. The fourth-order valence-electron chi connectivity index (χ4n) is 2.86. The van der Waals surface area contributed by atoms with E-state index < -0.39 is 17.8 Å². The summed E-state index contributed by atoms with van der Waals surface area (Å²) < 4.78 is 10.6. The van der Waals surface area contributed by atoms with Gasteiger partial charge in [0.1, 0.15) is 10.8 Å². The molecule has 10 heteroatoms. The third-order valence-corrected chi connectivity index (χ3v) is 6.04. The summed E-state index contributed by atoms with van der Waals surface area (Å²) >= 11 is 12.8. The molecule has 2 N–H and O–H groups in total. The van der Waals surface area contributed by atoms with Crippen molar-refractivity contribution in [1.29, 1.82) is 0 Å². The largest absolute Gasteiger partial charge is 0.484 e. The molecule has 0 radical (unpaired) electrons. The molecular formula is C23H20Cl2N2O5S. The van der Waals surface area contributed by atoms with E-state index in [-0.39, 0.29) is 28.7 Å². The van der Waals surface area contributed by atoms with Crippen LogP contribution in [-0.4, -0.2) is 31.0 Å². The van der Waals surface area contributed by atoms with Crippen molar-refractivity contribution in [2.24, 2.45) is 0 Å². The topological polar surface area (TPSA) is 93.7 Å². The van der Waals surface area contributed by atoms with Crippen molar-refractivity contribution in [2.45, 2.75) is 13.8 Å². The van der Waals surface area contributed by atoms with Crippen molar-refractivity contribution in [2.75, 3.05) is 23.8 Å². The number of rotatable bonds is 8. The third-order valence-electron chi connectivity index (χ3n) is 4.35. The van der Waals surface area contributed by atoms with E-state index in [1.165, 1.54) is 0 Å². The Labute approximate surface area is 204 Å². The molecule has 2 aromatic carbocycles. The summed E-state index contributed by atoms with van der Waals surface area (Å²) in [4.78, 5) is 38.2. The van der Waals surface area contributed by atoms with Crippen molar-refractivity contribution < 1.29 is 23.9 Å². The number of carbonyl (C=O) groups is 3. The average Bonchev–Trinajstić information content (AvgIpc) is 3.09. The van der Waals surface area contributed by atoms with Crippen LogP contribution in [0.5, 0.6) is 5.75 Å². The molecule has 1 aromatic heterocycles. The second kappa shape index (κ2) is 11.2. The fourth-order valence-corrected chi connectivity index (χ4v) is 4.29. The highest BCUT2D eigenvalue weighted by Gasteiger charge is 2.27. The number of carbonyl (C=O) groups excluding carboxylic acids is 3. The second-order valence-electron chi connectivity index (χ2n) is 6.74. The van der Waals surface area contributed by atoms with E-state index in [4.69, 9.17) is 32.7 Å². The lowest BCUT2D eigenvalue weighted by Crippen LogP contribution is -2.21. The molecule has 0 atom stereocenters. The van der Waals surface area contributed by atoms with Crippen LogP contribution in [0.25, 0.3) is 0 Å². The van der Waals surface area contributed by atoms with Crippen LogP contribution < -0.4 is 15.4 Å². The van der Waals surface area contributed by atoms with Gasteiger partial charge in [0.05, 0.1) is 17.0 Å². The van der Waals surface area contributed by atoms with Crippen molar-refractivity contribution >= 4 is 63.0 Å². The zero-order chi connectivity index (χ0) is 24.0.